The molecule has 0 aliphatic carbocycles. The van der Waals surface area contributed by atoms with E-state index >= 15 is 0 Å². The van der Waals surface area contributed by atoms with Gasteiger partial charge in [0.2, 0.25) is 0 Å². The first kappa shape index (κ1) is 16.4. The Labute approximate surface area is 137 Å². The Morgan fingerprint density at radius 1 is 1.00 bits per heavy atom. The van der Waals surface area contributed by atoms with Gasteiger partial charge in [0.1, 0.15) is 0 Å². The van der Waals surface area contributed by atoms with E-state index in [9.17, 15) is 0 Å². The molecule has 0 saturated heterocycles. The van der Waals surface area contributed by atoms with Crippen molar-refractivity contribution >= 4 is 24.4 Å². The van der Waals surface area contributed by atoms with Gasteiger partial charge in [0.15, 0.2) is 5.16 Å². The van der Waals surface area contributed by atoms with Gasteiger partial charge in [0.05, 0.1) is 0 Å². The van der Waals surface area contributed by atoms with E-state index in [1.807, 2.05) is 19.9 Å². The lowest BCUT2D eigenvalue weighted by Crippen LogP contribution is -2.13. The molecular formula is C17H22N2S2. The minimum Gasteiger partial charge on any atom is -0.228 e. The van der Waals surface area contributed by atoms with Gasteiger partial charge in [-0.05, 0) is 54.8 Å². The van der Waals surface area contributed by atoms with E-state index in [0.29, 0.717) is 0 Å². The van der Waals surface area contributed by atoms with Crippen LogP contribution < -0.4 is 0 Å². The van der Waals surface area contributed by atoms with E-state index in [1.54, 1.807) is 11.8 Å². The van der Waals surface area contributed by atoms with Gasteiger partial charge in [-0.2, -0.15) is 12.6 Å². The summed E-state index contributed by atoms with van der Waals surface area (Å²) < 4.78 is 0. The molecular weight excluding hydrogens is 296 g/mol. The van der Waals surface area contributed by atoms with Gasteiger partial charge in [-0.1, -0.05) is 32.9 Å². The van der Waals surface area contributed by atoms with Crippen LogP contribution in [-0.2, 0) is 0 Å². The zero-order valence-electron chi connectivity index (χ0n) is 13.2. The molecule has 1 aromatic carbocycles. The van der Waals surface area contributed by atoms with Crippen molar-refractivity contribution in [2.75, 3.05) is 0 Å². The Balaban J connectivity index is 2.16. The first-order valence-corrected chi connectivity index (χ1v) is 8.37. The fourth-order valence-corrected chi connectivity index (χ4v) is 3.10. The highest BCUT2D eigenvalue weighted by atomic mass is 32.2. The van der Waals surface area contributed by atoms with Crippen LogP contribution in [0.3, 0.4) is 0 Å². The first-order valence-electron chi connectivity index (χ1n) is 7.04. The second-order valence-corrected chi connectivity index (χ2v) is 7.93. The van der Waals surface area contributed by atoms with Crippen molar-refractivity contribution in [2.24, 2.45) is 5.41 Å². The molecule has 0 radical (unpaired) electrons. The van der Waals surface area contributed by atoms with E-state index in [-0.39, 0.29) is 10.7 Å². The van der Waals surface area contributed by atoms with Gasteiger partial charge >= 0.3 is 0 Å². The smallest absolute Gasteiger partial charge is 0.192 e. The predicted octanol–water partition coefficient (Wildman–Crippen LogP) is 5.26. The number of aryl methyl sites for hydroxylation is 2. The fraction of sp³-hybridized carbons (Fsp3) is 0.412. The SMILES string of the molecule is Cc1cc(C)nc(Sc2ccc([C@@H](S)C(C)(C)C)cc2)n1. The lowest BCUT2D eigenvalue weighted by atomic mass is 9.87. The van der Waals surface area contributed by atoms with Crippen molar-refractivity contribution in [1.29, 1.82) is 0 Å². The molecule has 1 aromatic heterocycles. The summed E-state index contributed by atoms with van der Waals surface area (Å²) in [6.45, 7) is 10.6. The van der Waals surface area contributed by atoms with E-state index < -0.39 is 0 Å². The molecule has 2 aromatic rings. The van der Waals surface area contributed by atoms with E-state index in [4.69, 9.17) is 12.6 Å². The molecule has 0 fully saturated rings. The molecule has 0 unspecified atom stereocenters. The minimum atomic E-state index is 0.147. The van der Waals surface area contributed by atoms with Crippen LogP contribution in [0.15, 0.2) is 40.4 Å². The molecule has 2 nitrogen and oxygen atoms in total. The molecule has 0 aliphatic heterocycles. The van der Waals surface area contributed by atoms with Crippen molar-refractivity contribution in [1.82, 2.24) is 9.97 Å². The van der Waals surface area contributed by atoms with Gasteiger partial charge in [-0.15, -0.1) is 0 Å². The van der Waals surface area contributed by atoms with E-state index in [2.05, 4.69) is 55.0 Å². The Hall–Kier alpha value is -1.00. The second-order valence-electron chi connectivity index (χ2n) is 6.37. The summed E-state index contributed by atoms with van der Waals surface area (Å²) >= 11 is 6.33. The molecule has 0 amide bonds. The Morgan fingerprint density at radius 2 is 1.52 bits per heavy atom. The topological polar surface area (TPSA) is 25.8 Å². The van der Waals surface area contributed by atoms with Crippen LogP contribution in [0.1, 0.15) is 43.0 Å². The Morgan fingerprint density at radius 3 is 2.00 bits per heavy atom. The molecule has 0 saturated carbocycles. The van der Waals surface area contributed by atoms with E-state index in [1.165, 1.54) is 5.56 Å². The Bertz CT molecular complexity index is 595. The third-order valence-corrected chi connectivity index (χ3v) is 5.13. The van der Waals surface area contributed by atoms with Gasteiger partial charge in [0.25, 0.3) is 0 Å². The molecule has 0 aliphatic rings. The van der Waals surface area contributed by atoms with Crippen LogP contribution in [0, 0.1) is 19.3 Å². The first-order chi connectivity index (χ1) is 9.75. The molecule has 1 heterocycles. The number of rotatable bonds is 3. The number of hydrogen-bond acceptors (Lipinski definition) is 4. The van der Waals surface area contributed by atoms with Crippen LogP contribution in [-0.4, -0.2) is 9.97 Å². The minimum absolute atomic E-state index is 0.147. The maximum Gasteiger partial charge on any atom is 0.192 e. The molecule has 0 spiro atoms. The lowest BCUT2D eigenvalue weighted by molar-refractivity contribution is 0.403. The average Bonchev–Trinajstić information content (AvgIpc) is 2.36. The van der Waals surface area contributed by atoms with Gasteiger partial charge < -0.3 is 0 Å². The quantitative estimate of drug-likeness (QED) is 0.617. The maximum absolute atomic E-state index is 4.73. The zero-order chi connectivity index (χ0) is 15.6. The molecule has 21 heavy (non-hydrogen) atoms. The zero-order valence-corrected chi connectivity index (χ0v) is 14.9. The Kier molecular flexibility index (Phi) is 4.99. The predicted molar refractivity (Wildman–Crippen MR) is 93.3 cm³/mol. The van der Waals surface area contributed by atoms with Gasteiger partial charge in [-0.25, -0.2) is 9.97 Å². The number of benzene rings is 1. The highest BCUT2D eigenvalue weighted by Gasteiger charge is 2.22. The normalized spacial score (nSPS) is 13.2. The largest absolute Gasteiger partial charge is 0.228 e. The van der Waals surface area contributed by atoms with Crippen molar-refractivity contribution in [3.63, 3.8) is 0 Å². The monoisotopic (exact) mass is 318 g/mol. The van der Waals surface area contributed by atoms with Crippen LogP contribution in [0.25, 0.3) is 0 Å². The summed E-state index contributed by atoms with van der Waals surface area (Å²) in [5.74, 6) is 0. The van der Waals surface area contributed by atoms with Crippen LogP contribution >= 0.6 is 24.4 Å². The molecule has 0 bridgehead atoms. The van der Waals surface area contributed by atoms with Crippen LogP contribution in [0.4, 0.5) is 0 Å². The van der Waals surface area contributed by atoms with Crippen molar-refractivity contribution in [3.05, 3.63) is 47.3 Å². The number of aromatic nitrogens is 2. The van der Waals surface area contributed by atoms with Crippen molar-refractivity contribution in [2.45, 2.75) is 49.9 Å². The lowest BCUT2D eigenvalue weighted by Gasteiger charge is -2.26. The molecule has 2 rings (SSSR count). The maximum atomic E-state index is 4.73. The fourth-order valence-electron chi connectivity index (χ4n) is 2.06. The summed E-state index contributed by atoms with van der Waals surface area (Å²) in [7, 11) is 0. The third kappa shape index (κ3) is 4.48. The second kappa shape index (κ2) is 6.41. The summed E-state index contributed by atoms with van der Waals surface area (Å²) in [5.41, 5.74) is 3.40. The highest BCUT2D eigenvalue weighted by Crippen LogP contribution is 2.38. The molecule has 0 N–H and O–H groups in total. The summed E-state index contributed by atoms with van der Waals surface area (Å²) in [6, 6.07) is 10.5. The van der Waals surface area contributed by atoms with E-state index in [0.717, 1.165) is 21.4 Å². The highest BCUT2D eigenvalue weighted by molar-refractivity contribution is 7.99. The molecule has 1 atom stereocenters. The standard InChI is InChI=1S/C17H22N2S2/c1-11-10-12(2)19-16(18-11)21-14-8-6-13(7-9-14)15(20)17(3,4)5/h6-10,15,20H,1-5H3/t15-/m1/s1. The summed E-state index contributed by atoms with van der Waals surface area (Å²) in [4.78, 5) is 10.1. The third-order valence-electron chi connectivity index (χ3n) is 3.19. The number of thiol groups is 1. The average molecular weight is 319 g/mol. The van der Waals surface area contributed by atoms with Crippen molar-refractivity contribution < 1.29 is 0 Å². The van der Waals surface area contributed by atoms with Crippen LogP contribution in [0.5, 0.6) is 0 Å². The van der Waals surface area contributed by atoms with Gasteiger partial charge in [0, 0.05) is 21.5 Å². The molecule has 112 valence electrons. The van der Waals surface area contributed by atoms with Gasteiger partial charge in [-0.3, -0.25) is 0 Å². The number of nitrogens with zero attached hydrogens (tertiary/aromatic N) is 2. The molecule has 4 heteroatoms. The van der Waals surface area contributed by atoms with Crippen LogP contribution in [0.2, 0.25) is 0 Å². The number of hydrogen-bond donors (Lipinski definition) is 1. The summed E-state index contributed by atoms with van der Waals surface area (Å²) in [5, 5.41) is 1.03. The summed E-state index contributed by atoms with van der Waals surface area (Å²) in [6.07, 6.45) is 0. The van der Waals surface area contributed by atoms with Crippen molar-refractivity contribution in [3.8, 4) is 0 Å².